The van der Waals surface area contributed by atoms with Crippen LogP contribution >= 0.6 is 0 Å². The monoisotopic (exact) mass is 428 g/mol. The second-order valence-electron chi connectivity index (χ2n) is 8.39. The number of amides is 1. The van der Waals surface area contributed by atoms with Gasteiger partial charge in [-0.2, -0.15) is 0 Å². The summed E-state index contributed by atoms with van der Waals surface area (Å²) in [5, 5.41) is 1.20. The number of halogens is 1. The predicted octanol–water partition coefficient (Wildman–Crippen LogP) is 3.56. The van der Waals surface area contributed by atoms with Crippen molar-refractivity contribution in [3.05, 3.63) is 66.2 Å². The lowest BCUT2D eigenvalue weighted by atomic mass is 10.0. The number of hydrogen-bond donors (Lipinski definition) is 1. The van der Waals surface area contributed by atoms with Gasteiger partial charge in [-0.15, -0.1) is 0 Å². The molecule has 7 nitrogen and oxygen atoms in total. The number of rotatable bonds is 4. The molecule has 2 N–H and O–H groups in total. The Hall–Kier alpha value is -3.78. The Labute approximate surface area is 183 Å². The predicted molar refractivity (Wildman–Crippen MR) is 121 cm³/mol. The number of imidazole rings is 1. The zero-order valence-electron chi connectivity index (χ0n) is 17.5. The SMILES string of the molecule is CN(c1nccn2c(-c3ccc4c(c3)CC(=O)N4N)c(-c3ccc(F)cc3)nc12)C1CC1. The van der Waals surface area contributed by atoms with Crippen LogP contribution in [-0.2, 0) is 11.2 Å². The van der Waals surface area contributed by atoms with Crippen molar-refractivity contribution in [1.29, 1.82) is 0 Å². The highest BCUT2D eigenvalue weighted by Gasteiger charge is 2.30. The summed E-state index contributed by atoms with van der Waals surface area (Å²) in [5.41, 5.74) is 5.65. The molecule has 0 saturated heterocycles. The number of benzene rings is 2. The molecule has 1 saturated carbocycles. The van der Waals surface area contributed by atoms with E-state index in [2.05, 4.69) is 9.88 Å². The summed E-state index contributed by atoms with van der Waals surface area (Å²) < 4.78 is 15.7. The molecule has 0 bridgehead atoms. The van der Waals surface area contributed by atoms with Gasteiger partial charge in [0.1, 0.15) is 5.82 Å². The van der Waals surface area contributed by atoms with Gasteiger partial charge in [0.15, 0.2) is 11.5 Å². The maximum atomic E-state index is 13.6. The van der Waals surface area contributed by atoms with Gasteiger partial charge >= 0.3 is 0 Å². The fraction of sp³-hybridized carbons (Fsp3) is 0.208. The van der Waals surface area contributed by atoms with Crippen LogP contribution in [0.1, 0.15) is 18.4 Å². The van der Waals surface area contributed by atoms with Gasteiger partial charge in [-0.05, 0) is 54.8 Å². The minimum Gasteiger partial charge on any atom is -0.354 e. The van der Waals surface area contributed by atoms with Gasteiger partial charge in [-0.25, -0.2) is 25.2 Å². The van der Waals surface area contributed by atoms with Gasteiger partial charge in [0, 0.05) is 36.6 Å². The van der Waals surface area contributed by atoms with Crippen molar-refractivity contribution in [2.45, 2.75) is 25.3 Å². The zero-order valence-corrected chi connectivity index (χ0v) is 17.5. The summed E-state index contributed by atoms with van der Waals surface area (Å²) >= 11 is 0. The van der Waals surface area contributed by atoms with Gasteiger partial charge in [-0.1, -0.05) is 6.07 Å². The van der Waals surface area contributed by atoms with E-state index in [1.807, 2.05) is 35.8 Å². The van der Waals surface area contributed by atoms with Crippen LogP contribution in [0.15, 0.2) is 54.9 Å². The standard InChI is InChI=1S/C24H21FN6O/c1-29(18-7-8-18)23-24-28-21(14-2-5-17(25)6-3-14)22(30(24)11-10-27-23)15-4-9-19-16(12-15)13-20(32)31(19)26/h2-6,9-12,18H,7-8,13,26H2,1H3. The molecule has 8 heteroatoms. The van der Waals surface area contributed by atoms with E-state index in [4.69, 9.17) is 10.8 Å². The fourth-order valence-corrected chi connectivity index (χ4v) is 4.42. The molecular formula is C24H21FN6O. The molecule has 6 rings (SSSR count). The molecule has 2 aromatic heterocycles. The normalized spacial score (nSPS) is 15.5. The molecule has 0 atom stereocenters. The molecular weight excluding hydrogens is 407 g/mol. The molecule has 32 heavy (non-hydrogen) atoms. The number of carbonyl (C=O) groups is 1. The highest BCUT2D eigenvalue weighted by atomic mass is 19.1. The largest absolute Gasteiger partial charge is 0.354 e. The van der Waals surface area contributed by atoms with Gasteiger partial charge in [0.2, 0.25) is 5.91 Å². The van der Waals surface area contributed by atoms with Crippen LogP contribution in [0.25, 0.3) is 28.2 Å². The Kier molecular flexibility index (Phi) is 4.06. The molecule has 160 valence electrons. The van der Waals surface area contributed by atoms with Crippen LogP contribution in [0, 0.1) is 5.82 Å². The van der Waals surface area contributed by atoms with Crippen LogP contribution in [-0.4, -0.2) is 33.4 Å². The molecule has 0 spiro atoms. The van der Waals surface area contributed by atoms with E-state index < -0.39 is 0 Å². The number of aromatic nitrogens is 3. The Bertz CT molecular complexity index is 1380. The molecule has 0 radical (unpaired) electrons. The van der Waals surface area contributed by atoms with E-state index in [1.54, 1.807) is 18.3 Å². The molecule has 1 fully saturated rings. The molecule has 0 unspecified atom stereocenters. The number of anilines is 2. The molecule has 1 aliphatic carbocycles. The molecule has 2 aromatic carbocycles. The van der Waals surface area contributed by atoms with Crippen molar-refractivity contribution >= 4 is 23.1 Å². The summed E-state index contributed by atoms with van der Waals surface area (Å²) in [5.74, 6) is 6.27. The highest BCUT2D eigenvalue weighted by molar-refractivity contribution is 6.01. The fourth-order valence-electron chi connectivity index (χ4n) is 4.42. The van der Waals surface area contributed by atoms with Gasteiger partial charge < -0.3 is 4.90 Å². The van der Waals surface area contributed by atoms with E-state index >= 15 is 0 Å². The highest BCUT2D eigenvalue weighted by Crippen LogP contribution is 2.39. The van der Waals surface area contributed by atoms with Crippen molar-refractivity contribution < 1.29 is 9.18 Å². The van der Waals surface area contributed by atoms with E-state index in [0.717, 1.165) is 52.4 Å². The van der Waals surface area contributed by atoms with Crippen LogP contribution < -0.4 is 15.8 Å². The summed E-state index contributed by atoms with van der Waals surface area (Å²) in [6, 6.07) is 12.6. The number of fused-ring (bicyclic) bond motifs is 2. The number of carbonyl (C=O) groups excluding carboxylic acids is 1. The second kappa shape index (κ2) is 6.86. The first kappa shape index (κ1) is 18.9. The van der Waals surface area contributed by atoms with E-state index in [1.165, 1.54) is 17.1 Å². The van der Waals surface area contributed by atoms with E-state index in [0.29, 0.717) is 11.7 Å². The minimum absolute atomic E-state index is 0.133. The second-order valence-corrected chi connectivity index (χ2v) is 8.39. The summed E-state index contributed by atoms with van der Waals surface area (Å²) in [6.45, 7) is 0. The zero-order chi connectivity index (χ0) is 22.0. The first-order valence-electron chi connectivity index (χ1n) is 10.6. The lowest BCUT2D eigenvalue weighted by molar-refractivity contribution is -0.117. The number of hydrazine groups is 1. The lowest BCUT2D eigenvalue weighted by Gasteiger charge is -2.17. The number of hydrogen-bond acceptors (Lipinski definition) is 5. The van der Waals surface area contributed by atoms with Crippen LogP contribution in [0.2, 0.25) is 0 Å². The average molecular weight is 428 g/mol. The van der Waals surface area contributed by atoms with Crippen molar-refractivity contribution in [1.82, 2.24) is 14.4 Å². The maximum Gasteiger partial charge on any atom is 0.245 e. The number of nitrogens with zero attached hydrogens (tertiary/aromatic N) is 5. The van der Waals surface area contributed by atoms with Crippen molar-refractivity contribution in [3.63, 3.8) is 0 Å². The van der Waals surface area contributed by atoms with E-state index in [9.17, 15) is 9.18 Å². The van der Waals surface area contributed by atoms with Crippen LogP contribution in [0.4, 0.5) is 15.9 Å². The molecule has 3 heterocycles. The Morgan fingerprint density at radius 1 is 1.12 bits per heavy atom. The van der Waals surface area contributed by atoms with Crippen molar-refractivity contribution in [2.24, 2.45) is 5.84 Å². The minimum atomic E-state index is -0.297. The average Bonchev–Trinajstić information content (AvgIpc) is 3.52. The maximum absolute atomic E-state index is 13.6. The first-order chi connectivity index (χ1) is 15.5. The van der Waals surface area contributed by atoms with Gasteiger partial charge in [0.05, 0.1) is 23.5 Å². The van der Waals surface area contributed by atoms with E-state index in [-0.39, 0.29) is 18.1 Å². The Morgan fingerprint density at radius 2 is 1.88 bits per heavy atom. The van der Waals surface area contributed by atoms with Crippen molar-refractivity contribution in [2.75, 3.05) is 17.0 Å². The quantitative estimate of drug-likeness (QED) is 0.397. The lowest BCUT2D eigenvalue weighted by Crippen LogP contribution is -2.33. The summed E-state index contributed by atoms with van der Waals surface area (Å²) in [4.78, 5) is 23.9. The Balaban J connectivity index is 1.60. The summed E-state index contributed by atoms with van der Waals surface area (Å²) in [6.07, 6.45) is 6.22. The summed E-state index contributed by atoms with van der Waals surface area (Å²) in [7, 11) is 2.04. The van der Waals surface area contributed by atoms with Crippen molar-refractivity contribution in [3.8, 4) is 22.5 Å². The van der Waals surface area contributed by atoms with Gasteiger partial charge in [0.25, 0.3) is 0 Å². The number of nitrogens with two attached hydrogens (primary N) is 1. The third-order valence-electron chi connectivity index (χ3n) is 6.29. The Morgan fingerprint density at radius 3 is 2.62 bits per heavy atom. The van der Waals surface area contributed by atoms with Gasteiger partial charge in [-0.3, -0.25) is 9.20 Å². The smallest absolute Gasteiger partial charge is 0.245 e. The van der Waals surface area contributed by atoms with Crippen LogP contribution in [0.5, 0.6) is 0 Å². The molecule has 1 amide bonds. The first-order valence-corrected chi connectivity index (χ1v) is 10.6. The molecule has 4 aromatic rings. The third kappa shape index (κ3) is 2.87. The molecule has 1 aliphatic heterocycles. The van der Waals surface area contributed by atoms with Crippen LogP contribution in [0.3, 0.4) is 0 Å². The third-order valence-corrected chi connectivity index (χ3v) is 6.29. The topological polar surface area (TPSA) is 79.8 Å². The molecule has 2 aliphatic rings.